The molecule has 0 saturated carbocycles. The van der Waals surface area contributed by atoms with E-state index >= 15 is 0 Å². The first-order chi connectivity index (χ1) is 6.78. The Morgan fingerprint density at radius 1 is 1.60 bits per heavy atom. The lowest BCUT2D eigenvalue weighted by Crippen LogP contribution is -2.17. The van der Waals surface area contributed by atoms with Gasteiger partial charge in [-0.1, -0.05) is 6.92 Å². The molecule has 0 aliphatic rings. The monoisotopic (exact) mass is 231 g/mol. The van der Waals surface area contributed by atoms with Gasteiger partial charge in [-0.05, 0) is 12.8 Å². The van der Waals surface area contributed by atoms with Gasteiger partial charge in [-0.2, -0.15) is 5.10 Å². The molecule has 2 N–H and O–H groups in total. The lowest BCUT2D eigenvalue weighted by molar-refractivity contribution is 0.479. The molecule has 0 saturated heterocycles. The molecule has 1 heterocycles. The molecule has 0 aromatic carbocycles. The number of nitrogens with two attached hydrogens (primary N) is 1. The molecule has 0 aliphatic heterocycles. The fourth-order valence-corrected chi connectivity index (χ4v) is 2.66. The minimum absolute atomic E-state index is 0.0405. The Kier molecular flexibility index (Phi) is 3.38. The van der Waals surface area contributed by atoms with Crippen molar-refractivity contribution in [3.05, 3.63) is 11.8 Å². The molecule has 0 fully saturated rings. The van der Waals surface area contributed by atoms with E-state index in [1.165, 1.54) is 6.26 Å². The standard InChI is InChI=1S/C9H17N3O2S/c1-7(6-15(3,13)14)4-12-5-8(2)9(10)11-12/h5,7H,4,6H2,1-3H3,(H2,10,11). The fourth-order valence-electron chi connectivity index (χ4n) is 1.52. The molecule has 5 nitrogen and oxygen atoms in total. The molecule has 0 bridgehead atoms. The van der Waals surface area contributed by atoms with Crippen molar-refractivity contribution in [1.29, 1.82) is 0 Å². The van der Waals surface area contributed by atoms with Crippen molar-refractivity contribution < 1.29 is 8.42 Å². The molecule has 0 amide bonds. The van der Waals surface area contributed by atoms with Crippen molar-refractivity contribution in [1.82, 2.24) is 9.78 Å². The Balaban J connectivity index is 2.63. The number of aryl methyl sites for hydroxylation is 1. The zero-order chi connectivity index (χ0) is 11.6. The van der Waals surface area contributed by atoms with Crippen LogP contribution in [-0.4, -0.2) is 30.2 Å². The smallest absolute Gasteiger partial charge is 0.148 e. The van der Waals surface area contributed by atoms with E-state index in [0.717, 1.165) is 5.56 Å². The number of hydrogen-bond acceptors (Lipinski definition) is 4. The maximum Gasteiger partial charge on any atom is 0.148 e. The molecule has 1 aromatic rings. The van der Waals surface area contributed by atoms with Crippen LogP contribution in [0.2, 0.25) is 0 Å². The SMILES string of the molecule is Cc1cn(CC(C)CS(C)(=O)=O)nc1N. The average Bonchev–Trinajstić information content (AvgIpc) is 2.26. The van der Waals surface area contributed by atoms with Crippen molar-refractivity contribution in [3.63, 3.8) is 0 Å². The maximum absolute atomic E-state index is 11.0. The fraction of sp³-hybridized carbons (Fsp3) is 0.667. The Morgan fingerprint density at radius 3 is 2.60 bits per heavy atom. The first-order valence-electron chi connectivity index (χ1n) is 4.75. The Labute approximate surface area is 90.2 Å². The molecular formula is C9H17N3O2S. The summed E-state index contributed by atoms with van der Waals surface area (Å²) in [6.07, 6.45) is 3.07. The third kappa shape index (κ3) is 3.91. The predicted octanol–water partition coefficient (Wildman–Crippen LogP) is 0.454. The predicted molar refractivity (Wildman–Crippen MR) is 60.3 cm³/mol. The lowest BCUT2D eigenvalue weighted by atomic mass is 10.2. The van der Waals surface area contributed by atoms with Crippen LogP contribution in [0.1, 0.15) is 12.5 Å². The van der Waals surface area contributed by atoms with E-state index in [0.29, 0.717) is 12.4 Å². The minimum atomic E-state index is -2.92. The van der Waals surface area contributed by atoms with Gasteiger partial charge in [0.1, 0.15) is 15.7 Å². The zero-order valence-corrected chi connectivity index (χ0v) is 10.1. The Morgan fingerprint density at radius 2 is 2.20 bits per heavy atom. The molecular weight excluding hydrogens is 214 g/mol. The summed E-state index contributed by atoms with van der Waals surface area (Å²) in [5, 5.41) is 4.08. The Hall–Kier alpha value is -1.04. The highest BCUT2D eigenvalue weighted by atomic mass is 32.2. The molecule has 15 heavy (non-hydrogen) atoms. The summed E-state index contributed by atoms with van der Waals surface area (Å²) in [5.74, 6) is 0.714. The second kappa shape index (κ2) is 4.22. The summed E-state index contributed by atoms with van der Waals surface area (Å²) in [7, 11) is -2.92. The highest BCUT2D eigenvalue weighted by molar-refractivity contribution is 7.90. The van der Waals surface area contributed by atoms with Crippen molar-refractivity contribution in [2.45, 2.75) is 20.4 Å². The van der Waals surface area contributed by atoms with Crippen molar-refractivity contribution in [2.75, 3.05) is 17.7 Å². The van der Waals surface area contributed by atoms with Crippen molar-refractivity contribution in [3.8, 4) is 0 Å². The Bertz CT molecular complexity index is 417. The summed E-state index contributed by atoms with van der Waals surface area (Å²) in [5.41, 5.74) is 6.51. The largest absolute Gasteiger partial charge is 0.382 e. The first-order valence-corrected chi connectivity index (χ1v) is 6.81. The van der Waals surface area contributed by atoms with E-state index in [1.54, 1.807) is 4.68 Å². The number of nitrogen functional groups attached to an aromatic ring is 1. The van der Waals surface area contributed by atoms with Crippen molar-refractivity contribution >= 4 is 15.7 Å². The highest BCUT2D eigenvalue weighted by Gasteiger charge is 2.12. The van der Waals surface area contributed by atoms with Crippen LogP contribution >= 0.6 is 0 Å². The molecule has 1 aromatic heterocycles. The van der Waals surface area contributed by atoms with Crippen LogP contribution in [-0.2, 0) is 16.4 Å². The summed E-state index contributed by atoms with van der Waals surface area (Å²) in [6, 6.07) is 0. The van der Waals surface area contributed by atoms with E-state index in [-0.39, 0.29) is 11.7 Å². The molecule has 86 valence electrons. The van der Waals surface area contributed by atoms with E-state index < -0.39 is 9.84 Å². The van der Waals surface area contributed by atoms with Crippen LogP contribution in [0.3, 0.4) is 0 Å². The summed E-state index contributed by atoms with van der Waals surface area (Å²) in [6.45, 7) is 4.33. The van der Waals surface area contributed by atoms with Gasteiger partial charge < -0.3 is 5.73 Å². The minimum Gasteiger partial charge on any atom is -0.382 e. The van der Waals surface area contributed by atoms with Crippen LogP contribution in [0.15, 0.2) is 6.20 Å². The van der Waals surface area contributed by atoms with E-state index in [4.69, 9.17) is 5.73 Å². The van der Waals surface area contributed by atoms with Crippen LogP contribution in [0.5, 0.6) is 0 Å². The number of anilines is 1. The van der Waals surface area contributed by atoms with Crippen LogP contribution in [0.4, 0.5) is 5.82 Å². The van der Waals surface area contributed by atoms with Gasteiger partial charge in [0.05, 0.1) is 5.75 Å². The topological polar surface area (TPSA) is 78.0 Å². The van der Waals surface area contributed by atoms with Gasteiger partial charge in [0.25, 0.3) is 0 Å². The summed E-state index contributed by atoms with van der Waals surface area (Å²) >= 11 is 0. The third-order valence-electron chi connectivity index (χ3n) is 2.07. The van der Waals surface area contributed by atoms with Crippen LogP contribution in [0, 0.1) is 12.8 Å². The van der Waals surface area contributed by atoms with Gasteiger partial charge in [0.15, 0.2) is 0 Å². The van der Waals surface area contributed by atoms with E-state index in [1.807, 2.05) is 20.0 Å². The summed E-state index contributed by atoms with van der Waals surface area (Å²) in [4.78, 5) is 0. The molecule has 0 aliphatic carbocycles. The number of aromatic nitrogens is 2. The maximum atomic E-state index is 11.0. The van der Waals surface area contributed by atoms with Gasteiger partial charge in [0.2, 0.25) is 0 Å². The normalized spacial score (nSPS) is 14.1. The molecule has 6 heteroatoms. The number of nitrogens with zero attached hydrogens (tertiary/aromatic N) is 2. The number of rotatable bonds is 4. The van der Waals surface area contributed by atoms with Gasteiger partial charge >= 0.3 is 0 Å². The third-order valence-corrected chi connectivity index (χ3v) is 3.24. The number of hydrogen-bond donors (Lipinski definition) is 1. The second-order valence-electron chi connectivity index (χ2n) is 4.12. The highest BCUT2D eigenvalue weighted by Crippen LogP contribution is 2.09. The van der Waals surface area contributed by atoms with Crippen LogP contribution < -0.4 is 5.73 Å². The molecule has 1 rings (SSSR count). The van der Waals surface area contributed by atoms with Crippen LogP contribution in [0.25, 0.3) is 0 Å². The van der Waals surface area contributed by atoms with E-state index in [9.17, 15) is 8.42 Å². The zero-order valence-electron chi connectivity index (χ0n) is 9.27. The van der Waals surface area contributed by atoms with E-state index in [2.05, 4.69) is 5.10 Å². The van der Waals surface area contributed by atoms with Crippen molar-refractivity contribution in [2.24, 2.45) is 5.92 Å². The van der Waals surface area contributed by atoms with Gasteiger partial charge in [-0.15, -0.1) is 0 Å². The second-order valence-corrected chi connectivity index (χ2v) is 6.30. The van der Waals surface area contributed by atoms with Gasteiger partial charge in [-0.3, -0.25) is 4.68 Å². The van der Waals surface area contributed by atoms with Gasteiger partial charge in [0, 0.05) is 24.6 Å². The molecule has 1 atom stereocenters. The van der Waals surface area contributed by atoms with Gasteiger partial charge in [-0.25, -0.2) is 8.42 Å². The molecule has 0 spiro atoms. The number of sulfone groups is 1. The molecule has 1 unspecified atom stereocenters. The quantitative estimate of drug-likeness (QED) is 0.816. The average molecular weight is 231 g/mol. The first kappa shape index (κ1) is 12.0. The summed E-state index contributed by atoms with van der Waals surface area (Å²) < 4.78 is 23.8. The molecule has 0 radical (unpaired) electrons. The lowest BCUT2D eigenvalue weighted by Gasteiger charge is -2.09.